The van der Waals surface area contributed by atoms with Gasteiger partial charge in [-0.15, -0.1) is 0 Å². The van der Waals surface area contributed by atoms with Crippen LogP contribution in [0.25, 0.3) is 0 Å². The second-order valence-electron chi connectivity index (χ2n) is 10.3. The molecule has 1 N–H and O–H groups in total. The van der Waals surface area contributed by atoms with E-state index in [2.05, 4.69) is 36.2 Å². The summed E-state index contributed by atoms with van der Waals surface area (Å²) in [5, 5.41) is 0.858. The van der Waals surface area contributed by atoms with Gasteiger partial charge in [-0.1, -0.05) is 76.9 Å². The average Bonchev–Trinajstić information content (AvgIpc) is 2.78. The first kappa shape index (κ1) is 35.3. The molecule has 35 heavy (non-hydrogen) atoms. The summed E-state index contributed by atoms with van der Waals surface area (Å²) in [6, 6.07) is 0. The molecule has 0 fully saturated rings. The number of phosphoric acid groups is 1. The summed E-state index contributed by atoms with van der Waals surface area (Å²) in [5.41, 5.74) is 6.66. The summed E-state index contributed by atoms with van der Waals surface area (Å²) in [7, 11) is -3.96. The van der Waals surface area contributed by atoms with E-state index in [1.54, 1.807) is 0 Å². The Morgan fingerprint density at radius 2 is 1.09 bits per heavy atom. The SMILES string of the molecule is CCCCCCCC/C=C\CCCCCCCCOCCOCCOP(=O)(O)OCC[As](C)(C)C. The van der Waals surface area contributed by atoms with E-state index >= 15 is 0 Å². The van der Waals surface area contributed by atoms with E-state index < -0.39 is 21.4 Å². The minimum atomic E-state index is -3.96. The first-order valence-corrected chi connectivity index (χ1v) is 22.4. The van der Waals surface area contributed by atoms with Gasteiger partial charge in [0.2, 0.25) is 0 Å². The van der Waals surface area contributed by atoms with E-state index in [-0.39, 0.29) is 19.8 Å². The van der Waals surface area contributed by atoms with Crippen LogP contribution in [-0.4, -0.2) is 58.1 Å². The summed E-state index contributed by atoms with van der Waals surface area (Å²) in [5.74, 6) is 0. The molecule has 0 amide bonds. The van der Waals surface area contributed by atoms with Crippen molar-refractivity contribution in [3.63, 3.8) is 0 Å². The molecule has 0 aliphatic rings. The predicted molar refractivity (Wildman–Crippen MR) is 151 cm³/mol. The Morgan fingerprint density at radius 3 is 1.66 bits per heavy atom. The van der Waals surface area contributed by atoms with E-state index in [1.807, 2.05) is 0 Å². The zero-order valence-corrected chi connectivity index (χ0v) is 26.2. The van der Waals surface area contributed by atoms with Gasteiger partial charge in [0.1, 0.15) is 0 Å². The molecule has 0 spiro atoms. The molecule has 0 aromatic rings. The summed E-state index contributed by atoms with van der Waals surface area (Å²) in [4.78, 5) is 9.63. The Morgan fingerprint density at radius 1 is 0.629 bits per heavy atom. The van der Waals surface area contributed by atoms with Crippen molar-refractivity contribution in [2.75, 3.05) is 39.6 Å². The van der Waals surface area contributed by atoms with Crippen molar-refractivity contribution < 1.29 is 28.0 Å². The Bertz CT molecular complexity index is 524. The van der Waals surface area contributed by atoms with Crippen LogP contribution < -0.4 is 0 Å². The van der Waals surface area contributed by atoms with Crippen molar-refractivity contribution in [3.05, 3.63) is 12.2 Å². The molecule has 0 heterocycles. The number of rotatable bonds is 27. The number of allylic oxidation sites excluding steroid dienone is 2. The number of hydrogen-bond donors (Lipinski definition) is 1. The van der Waals surface area contributed by atoms with Gasteiger partial charge in [-0.3, -0.25) is 0 Å². The van der Waals surface area contributed by atoms with Gasteiger partial charge in [0.15, 0.2) is 0 Å². The topological polar surface area (TPSA) is 74.2 Å². The second-order valence-corrected chi connectivity index (χ2v) is 22.3. The standard InChI is InChI=1S/C27H57AsO6P/c1-5-6-7-8-9-10-11-12-13-14-15-16-17-18-19-20-22-31-24-25-32-26-27-34-35(29,30)33-23-21-28(2,3)4/h12-13H,5-11,14-27H2,1-4H3,(H,29,30)/b13-12-. The Hall–Kier alpha value is 0.328. The summed E-state index contributed by atoms with van der Waals surface area (Å²) in [6.45, 7) is 4.60. The van der Waals surface area contributed by atoms with Crippen LogP contribution in [-0.2, 0) is 23.1 Å². The molecule has 0 aliphatic heterocycles. The first-order valence-electron chi connectivity index (χ1n) is 14.0. The van der Waals surface area contributed by atoms with E-state index in [9.17, 15) is 9.46 Å². The average molecular weight is 584 g/mol. The van der Waals surface area contributed by atoms with Crippen LogP contribution in [0.1, 0.15) is 96.8 Å². The number of phosphoric ester groups is 1. The van der Waals surface area contributed by atoms with Gasteiger partial charge in [0.05, 0.1) is 0 Å². The van der Waals surface area contributed by atoms with Gasteiger partial charge in [-0.2, -0.15) is 0 Å². The molecular weight excluding hydrogens is 526 g/mol. The minimum absolute atomic E-state index is 0.0400. The molecular formula is C27H57AsO6P. The summed E-state index contributed by atoms with van der Waals surface area (Å²) in [6.07, 6.45) is 23.0. The molecule has 8 heteroatoms. The number of ether oxygens (including phenoxy) is 2. The van der Waals surface area contributed by atoms with Crippen LogP contribution >= 0.6 is 7.82 Å². The van der Waals surface area contributed by atoms with Gasteiger partial charge < -0.3 is 0 Å². The molecule has 0 aliphatic carbocycles. The molecule has 0 aromatic heterocycles. The number of hydrogen-bond acceptors (Lipinski definition) is 5. The Balaban J connectivity index is 3.27. The van der Waals surface area contributed by atoms with Crippen molar-refractivity contribution in [2.24, 2.45) is 0 Å². The molecule has 1 atom stereocenters. The maximum atomic E-state index is 11.8. The molecule has 0 rings (SSSR count). The van der Waals surface area contributed by atoms with Crippen LogP contribution in [0, 0.1) is 0 Å². The monoisotopic (exact) mass is 583 g/mol. The fourth-order valence-corrected chi connectivity index (χ4v) is 5.81. The quantitative estimate of drug-likeness (QED) is 0.0452. The van der Waals surface area contributed by atoms with Gasteiger partial charge in [0.25, 0.3) is 0 Å². The molecule has 1 unspecified atom stereocenters. The van der Waals surface area contributed by atoms with Crippen LogP contribution in [0.2, 0.25) is 22.3 Å². The third-order valence-electron chi connectivity index (χ3n) is 5.67. The van der Waals surface area contributed by atoms with E-state index in [0.717, 1.165) is 18.2 Å². The van der Waals surface area contributed by atoms with E-state index in [0.29, 0.717) is 13.2 Å². The summed E-state index contributed by atoms with van der Waals surface area (Å²) < 4.78 is 32.7. The van der Waals surface area contributed by atoms with Gasteiger partial charge in [-0.25, -0.2) is 0 Å². The van der Waals surface area contributed by atoms with Crippen molar-refractivity contribution in [1.82, 2.24) is 0 Å². The molecule has 0 aromatic carbocycles. The molecule has 0 saturated heterocycles. The van der Waals surface area contributed by atoms with Crippen LogP contribution in [0.4, 0.5) is 0 Å². The van der Waals surface area contributed by atoms with Gasteiger partial charge >= 0.3 is 111 Å². The van der Waals surface area contributed by atoms with Crippen molar-refractivity contribution in [1.29, 1.82) is 0 Å². The Labute approximate surface area is 220 Å². The van der Waals surface area contributed by atoms with E-state index in [4.69, 9.17) is 18.5 Å². The van der Waals surface area contributed by atoms with Crippen LogP contribution in [0.5, 0.6) is 0 Å². The maximum absolute atomic E-state index is 11.8. The van der Waals surface area contributed by atoms with E-state index in [1.165, 1.54) is 83.5 Å². The van der Waals surface area contributed by atoms with Crippen LogP contribution in [0.15, 0.2) is 12.2 Å². The third kappa shape index (κ3) is 30.4. The summed E-state index contributed by atoms with van der Waals surface area (Å²) >= 11 is -1.61. The van der Waals surface area contributed by atoms with Crippen molar-refractivity contribution in [2.45, 2.75) is 119 Å². The molecule has 0 saturated carbocycles. The first-order chi connectivity index (χ1) is 16.8. The van der Waals surface area contributed by atoms with Crippen LogP contribution in [0.3, 0.4) is 0 Å². The molecule has 6 nitrogen and oxygen atoms in total. The molecule has 1 radical (unpaired) electrons. The van der Waals surface area contributed by atoms with Crippen molar-refractivity contribution in [3.8, 4) is 0 Å². The van der Waals surface area contributed by atoms with Crippen molar-refractivity contribution >= 4 is 21.4 Å². The predicted octanol–water partition coefficient (Wildman–Crippen LogP) is 8.53. The second kappa shape index (κ2) is 24.7. The normalized spacial score (nSPS) is 14.1. The third-order valence-corrected chi connectivity index (χ3v) is 9.89. The molecule has 0 bridgehead atoms. The Kier molecular flexibility index (Phi) is 24.9. The fourth-order valence-electron chi connectivity index (χ4n) is 3.45. The van der Waals surface area contributed by atoms with Gasteiger partial charge in [-0.05, 0) is 32.1 Å². The zero-order chi connectivity index (χ0) is 26.1. The fraction of sp³-hybridized carbons (Fsp3) is 0.926. The number of unbranched alkanes of at least 4 members (excludes halogenated alkanes) is 12. The van der Waals surface area contributed by atoms with Gasteiger partial charge in [0, 0.05) is 0 Å². The zero-order valence-electron chi connectivity index (χ0n) is 23.4. The molecule has 211 valence electrons.